The van der Waals surface area contributed by atoms with Gasteiger partial charge in [-0.05, 0) is 49.2 Å². The van der Waals surface area contributed by atoms with E-state index in [1.54, 1.807) is 12.1 Å². The molecule has 2 aromatic rings. The number of urea groups is 1. The van der Waals surface area contributed by atoms with E-state index in [-0.39, 0.29) is 23.2 Å². The van der Waals surface area contributed by atoms with Crippen molar-refractivity contribution in [1.29, 1.82) is 0 Å². The van der Waals surface area contributed by atoms with E-state index in [1.165, 1.54) is 12.1 Å². The summed E-state index contributed by atoms with van der Waals surface area (Å²) in [7, 11) is -3.46. The van der Waals surface area contributed by atoms with Crippen molar-refractivity contribution < 1.29 is 18.3 Å². The first-order valence-corrected chi connectivity index (χ1v) is 11.3. The third-order valence-corrected chi connectivity index (χ3v) is 6.32. The van der Waals surface area contributed by atoms with E-state index in [4.69, 9.17) is 5.11 Å². The number of nitrogens with one attached hydrogen (secondary N) is 2. The highest BCUT2D eigenvalue weighted by atomic mass is 32.2. The van der Waals surface area contributed by atoms with Crippen LogP contribution in [-0.4, -0.2) is 45.0 Å². The van der Waals surface area contributed by atoms with Crippen molar-refractivity contribution >= 4 is 21.6 Å². The van der Waals surface area contributed by atoms with Gasteiger partial charge >= 0.3 is 6.03 Å². The van der Waals surface area contributed by atoms with Crippen molar-refractivity contribution in [2.75, 3.05) is 30.3 Å². The molecular weight excluding hydrogens is 390 g/mol. The number of rotatable bonds is 10. The molecule has 0 saturated heterocycles. The fourth-order valence-electron chi connectivity index (χ4n) is 2.89. The third kappa shape index (κ3) is 6.76. The third-order valence-electron chi connectivity index (χ3n) is 4.61. The van der Waals surface area contributed by atoms with Crippen molar-refractivity contribution in [3.05, 3.63) is 59.7 Å². The van der Waals surface area contributed by atoms with Gasteiger partial charge in [0, 0.05) is 31.9 Å². The van der Waals surface area contributed by atoms with Gasteiger partial charge in [0.1, 0.15) is 0 Å². The zero-order chi connectivity index (χ0) is 21.3. The zero-order valence-corrected chi connectivity index (χ0v) is 17.7. The maximum Gasteiger partial charge on any atom is 0.315 e. The Morgan fingerprint density at radius 3 is 1.83 bits per heavy atom. The first kappa shape index (κ1) is 22.7. The summed E-state index contributed by atoms with van der Waals surface area (Å²) in [6.07, 6.45) is 0. The highest BCUT2D eigenvalue weighted by Crippen LogP contribution is 2.15. The van der Waals surface area contributed by atoms with Crippen LogP contribution in [-0.2, 0) is 22.9 Å². The molecule has 2 amide bonds. The van der Waals surface area contributed by atoms with Gasteiger partial charge in [0.2, 0.25) is 0 Å². The number of nitrogens with zero attached hydrogens (tertiary/aromatic N) is 1. The molecule has 0 spiro atoms. The maximum atomic E-state index is 12.0. The van der Waals surface area contributed by atoms with Gasteiger partial charge in [-0.2, -0.15) is 0 Å². The predicted octanol–water partition coefficient (Wildman–Crippen LogP) is 2.30. The molecule has 0 aromatic heterocycles. The van der Waals surface area contributed by atoms with E-state index in [2.05, 4.69) is 29.4 Å². The minimum Gasteiger partial charge on any atom is -0.395 e. The van der Waals surface area contributed by atoms with Crippen molar-refractivity contribution in [2.24, 2.45) is 0 Å². The molecule has 29 heavy (non-hydrogen) atoms. The lowest BCUT2D eigenvalue weighted by Gasteiger charge is -2.21. The van der Waals surface area contributed by atoms with Crippen LogP contribution in [0.5, 0.6) is 0 Å². The van der Waals surface area contributed by atoms with E-state index in [0.29, 0.717) is 6.54 Å². The molecule has 0 bridgehead atoms. The van der Waals surface area contributed by atoms with Gasteiger partial charge < -0.3 is 20.6 Å². The van der Waals surface area contributed by atoms with E-state index < -0.39 is 16.4 Å². The molecule has 0 aliphatic heterocycles. The van der Waals surface area contributed by atoms with Gasteiger partial charge in [-0.15, -0.1) is 0 Å². The Morgan fingerprint density at radius 2 is 1.38 bits per heavy atom. The van der Waals surface area contributed by atoms with E-state index in [0.717, 1.165) is 29.9 Å². The molecule has 0 heterocycles. The molecule has 0 aliphatic rings. The summed E-state index contributed by atoms with van der Waals surface area (Å²) < 4.78 is 23.8. The van der Waals surface area contributed by atoms with Crippen LogP contribution in [0.25, 0.3) is 0 Å². The monoisotopic (exact) mass is 419 g/mol. The van der Waals surface area contributed by atoms with E-state index >= 15 is 0 Å². The summed E-state index contributed by atoms with van der Waals surface area (Å²) in [6, 6.07) is 14.1. The van der Waals surface area contributed by atoms with Crippen LogP contribution in [0.2, 0.25) is 0 Å². The minimum atomic E-state index is -3.46. The number of carbonyl (C=O) groups excluding carboxylic acids is 1. The van der Waals surface area contributed by atoms with Crippen molar-refractivity contribution in [3.63, 3.8) is 0 Å². The summed E-state index contributed by atoms with van der Waals surface area (Å²) in [5.41, 5.74) is 2.95. The molecule has 7 nitrogen and oxygen atoms in total. The van der Waals surface area contributed by atoms with E-state index in [9.17, 15) is 13.2 Å². The second-order valence-corrected chi connectivity index (χ2v) is 8.67. The van der Waals surface area contributed by atoms with Gasteiger partial charge in [-0.3, -0.25) is 0 Å². The SMILES string of the molecule is CCN(CC)c1ccc(CNC(=O)NCc2ccc(S(=O)(=O)CCO)cc2)cc1. The minimum absolute atomic E-state index is 0.160. The first-order valence-electron chi connectivity index (χ1n) is 9.67. The molecule has 158 valence electrons. The van der Waals surface area contributed by atoms with Gasteiger partial charge in [-0.25, -0.2) is 13.2 Å². The molecular formula is C21H29N3O4S. The van der Waals surface area contributed by atoms with Crippen LogP contribution in [0.15, 0.2) is 53.4 Å². The summed E-state index contributed by atoms with van der Waals surface area (Å²) in [6.45, 7) is 6.42. The molecule has 0 radical (unpaired) electrons. The Balaban J connectivity index is 1.81. The quantitative estimate of drug-likeness (QED) is 0.549. The predicted molar refractivity (Wildman–Crippen MR) is 115 cm³/mol. The standard InChI is InChI=1S/C21H29N3O4S/c1-3-24(4-2)19-9-5-17(6-10-19)15-22-21(26)23-16-18-7-11-20(12-8-18)29(27,28)14-13-25/h5-12,25H,3-4,13-16H2,1-2H3,(H2,22,23,26). The lowest BCUT2D eigenvalue weighted by atomic mass is 10.2. The van der Waals surface area contributed by atoms with Crippen molar-refractivity contribution in [1.82, 2.24) is 10.6 Å². The second kappa shape index (κ2) is 10.8. The highest BCUT2D eigenvalue weighted by Gasteiger charge is 2.13. The van der Waals surface area contributed by atoms with Gasteiger partial charge in [0.15, 0.2) is 9.84 Å². The molecule has 3 N–H and O–H groups in total. The second-order valence-electron chi connectivity index (χ2n) is 6.56. The number of aliphatic hydroxyl groups is 1. The molecule has 0 atom stereocenters. The largest absolute Gasteiger partial charge is 0.395 e. The normalized spacial score (nSPS) is 11.1. The van der Waals surface area contributed by atoms with Crippen LogP contribution >= 0.6 is 0 Å². The van der Waals surface area contributed by atoms with E-state index in [1.807, 2.05) is 24.3 Å². The smallest absolute Gasteiger partial charge is 0.315 e. The lowest BCUT2D eigenvalue weighted by molar-refractivity contribution is 0.240. The Bertz CT molecular complexity index is 877. The number of benzene rings is 2. The lowest BCUT2D eigenvalue weighted by Crippen LogP contribution is -2.34. The Morgan fingerprint density at radius 1 is 0.897 bits per heavy atom. The average molecular weight is 420 g/mol. The number of amides is 2. The van der Waals surface area contributed by atoms with Gasteiger partial charge in [-0.1, -0.05) is 24.3 Å². The number of aliphatic hydroxyl groups excluding tert-OH is 1. The number of hydrogen-bond donors (Lipinski definition) is 3. The van der Waals surface area contributed by atoms with Crippen LogP contribution in [0.3, 0.4) is 0 Å². The summed E-state index contributed by atoms with van der Waals surface area (Å²) in [5.74, 6) is -0.303. The molecule has 2 rings (SSSR count). The van der Waals surface area contributed by atoms with Crippen LogP contribution in [0.4, 0.5) is 10.5 Å². The Kier molecular flexibility index (Phi) is 8.48. The van der Waals surface area contributed by atoms with Crippen LogP contribution in [0.1, 0.15) is 25.0 Å². The molecule has 0 fully saturated rings. The average Bonchev–Trinajstić information content (AvgIpc) is 2.73. The van der Waals surface area contributed by atoms with Crippen LogP contribution < -0.4 is 15.5 Å². The first-order chi connectivity index (χ1) is 13.9. The van der Waals surface area contributed by atoms with Crippen molar-refractivity contribution in [2.45, 2.75) is 31.8 Å². The Hall–Kier alpha value is -2.58. The van der Waals surface area contributed by atoms with Gasteiger partial charge in [0.25, 0.3) is 0 Å². The topological polar surface area (TPSA) is 98.7 Å². The summed E-state index contributed by atoms with van der Waals surface area (Å²) >= 11 is 0. The van der Waals surface area contributed by atoms with Gasteiger partial charge in [0.05, 0.1) is 17.3 Å². The number of anilines is 1. The summed E-state index contributed by atoms with van der Waals surface area (Å²) in [4.78, 5) is 14.4. The molecule has 0 saturated carbocycles. The highest BCUT2D eigenvalue weighted by molar-refractivity contribution is 7.91. The fourth-order valence-corrected chi connectivity index (χ4v) is 3.92. The maximum absolute atomic E-state index is 12.0. The molecule has 8 heteroatoms. The Labute approximate surface area is 172 Å². The number of hydrogen-bond acceptors (Lipinski definition) is 5. The number of sulfone groups is 1. The fraction of sp³-hybridized carbons (Fsp3) is 0.381. The number of carbonyl (C=O) groups is 1. The zero-order valence-electron chi connectivity index (χ0n) is 16.9. The summed E-state index contributed by atoms with van der Waals surface area (Å²) in [5, 5.41) is 14.4. The molecule has 0 aliphatic carbocycles. The molecule has 2 aromatic carbocycles. The molecule has 0 unspecified atom stereocenters. The van der Waals surface area contributed by atoms with Crippen molar-refractivity contribution in [3.8, 4) is 0 Å². The van der Waals surface area contributed by atoms with Crippen LogP contribution in [0, 0.1) is 0 Å².